The first kappa shape index (κ1) is 15.2. The van der Waals surface area contributed by atoms with Gasteiger partial charge in [0.1, 0.15) is 0 Å². The van der Waals surface area contributed by atoms with Crippen molar-refractivity contribution < 1.29 is 4.79 Å². The second kappa shape index (κ2) is 7.54. The number of hydrogen-bond acceptors (Lipinski definition) is 4. The lowest BCUT2D eigenvalue weighted by atomic mass is 10.0. The van der Waals surface area contributed by atoms with E-state index >= 15 is 0 Å². The Hall–Kier alpha value is -2.21. The van der Waals surface area contributed by atoms with Gasteiger partial charge in [-0.3, -0.25) is 15.0 Å². The standard InChI is InChI=1S/C15H20N4O2/c16-17-14(20)10-4-2-1-3-9-13-11-7-5-6-8-12(11)15(21)19-18-13/h5-8H,1-4,9-10,16H2,(H,17,20)(H,19,21). The molecule has 21 heavy (non-hydrogen) atoms. The van der Waals surface area contributed by atoms with Crippen molar-refractivity contribution in [1.29, 1.82) is 0 Å². The van der Waals surface area contributed by atoms with Crippen LogP contribution in [-0.2, 0) is 11.2 Å². The predicted molar refractivity (Wildman–Crippen MR) is 81.5 cm³/mol. The number of hydrazine groups is 1. The van der Waals surface area contributed by atoms with Gasteiger partial charge in [0.05, 0.1) is 11.1 Å². The first-order chi connectivity index (χ1) is 10.2. The number of nitrogens with one attached hydrogen (secondary N) is 2. The molecule has 0 spiro atoms. The van der Waals surface area contributed by atoms with Crippen LogP contribution in [0.25, 0.3) is 10.8 Å². The van der Waals surface area contributed by atoms with Gasteiger partial charge in [0, 0.05) is 11.8 Å². The van der Waals surface area contributed by atoms with Crippen molar-refractivity contribution in [3.63, 3.8) is 0 Å². The monoisotopic (exact) mass is 288 g/mol. The number of carbonyl (C=O) groups excluding carboxylic acids is 1. The third-order valence-corrected chi connectivity index (χ3v) is 3.50. The Morgan fingerprint density at radius 1 is 1.14 bits per heavy atom. The number of hydrogen-bond donors (Lipinski definition) is 3. The van der Waals surface area contributed by atoms with Crippen molar-refractivity contribution in [2.75, 3.05) is 0 Å². The molecule has 6 heteroatoms. The summed E-state index contributed by atoms with van der Waals surface area (Å²) in [5.41, 5.74) is 2.89. The number of carbonyl (C=O) groups is 1. The number of unbranched alkanes of at least 4 members (excludes halogenated alkanes) is 3. The lowest BCUT2D eigenvalue weighted by molar-refractivity contribution is -0.121. The molecule has 1 heterocycles. The van der Waals surface area contributed by atoms with Crippen LogP contribution in [0.2, 0.25) is 0 Å². The number of fused-ring (bicyclic) bond motifs is 1. The number of amides is 1. The van der Waals surface area contributed by atoms with Crippen molar-refractivity contribution in [2.45, 2.75) is 38.5 Å². The van der Waals surface area contributed by atoms with Crippen LogP contribution in [0.1, 0.15) is 37.8 Å². The molecule has 0 aliphatic carbocycles. The van der Waals surface area contributed by atoms with Gasteiger partial charge in [0.2, 0.25) is 5.91 Å². The molecule has 0 saturated carbocycles. The van der Waals surface area contributed by atoms with E-state index in [9.17, 15) is 9.59 Å². The lowest BCUT2D eigenvalue weighted by Crippen LogP contribution is -2.29. The zero-order valence-electron chi connectivity index (χ0n) is 11.9. The molecule has 0 aliphatic heterocycles. The third kappa shape index (κ3) is 4.13. The van der Waals surface area contributed by atoms with E-state index in [1.165, 1.54) is 0 Å². The fraction of sp³-hybridized carbons (Fsp3) is 0.400. The Bertz CT molecular complexity index is 666. The molecule has 2 aromatic rings. The van der Waals surface area contributed by atoms with Gasteiger partial charge < -0.3 is 0 Å². The molecule has 112 valence electrons. The minimum Gasteiger partial charge on any atom is -0.294 e. The van der Waals surface area contributed by atoms with E-state index in [0.717, 1.165) is 43.2 Å². The molecule has 1 amide bonds. The molecule has 6 nitrogen and oxygen atoms in total. The van der Waals surface area contributed by atoms with Crippen molar-refractivity contribution in [3.05, 3.63) is 40.3 Å². The molecule has 1 aromatic heterocycles. The van der Waals surface area contributed by atoms with Crippen LogP contribution >= 0.6 is 0 Å². The number of nitrogens with zero attached hydrogens (tertiary/aromatic N) is 1. The van der Waals surface area contributed by atoms with Gasteiger partial charge in [-0.25, -0.2) is 10.9 Å². The fourth-order valence-electron chi connectivity index (χ4n) is 2.37. The van der Waals surface area contributed by atoms with Crippen LogP contribution in [-0.4, -0.2) is 16.1 Å². The third-order valence-electron chi connectivity index (χ3n) is 3.50. The predicted octanol–water partition coefficient (Wildman–Crippen LogP) is 1.41. The Kier molecular flexibility index (Phi) is 5.45. The highest BCUT2D eigenvalue weighted by Crippen LogP contribution is 2.15. The van der Waals surface area contributed by atoms with Gasteiger partial charge in [0.25, 0.3) is 5.56 Å². The second-order valence-electron chi connectivity index (χ2n) is 5.03. The number of nitrogens with two attached hydrogens (primary N) is 1. The number of rotatable bonds is 7. The van der Waals surface area contributed by atoms with E-state index in [-0.39, 0.29) is 11.5 Å². The summed E-state index contributed by atoms with van der Waals surface area (Å²) in [6.07, 6.45) is 5.11. The average Bonchev–Trinajstić information content (AvgIpc) is 2.52. The minimum atomic E-state index is -0.151. The van der Waals surface area contributed by atoms with E-state index in [2.05, 4.69) is 15.6 Å². The first-order valence-corrected chi connectivity index (χ1v) is 7.18. The Morgan fingerprint density at radius 2 is 1.86 bits per heavy atom. The zero-order valence-corrected chi connectivity index (χ0v) is 11.9. The largest absolute Gasteiger partial charge is 0.294 e. The van der Waals surface area contributed by atoms with Crippen LogP contribution in [0, 0.1) is 0 Å². The van der Waals surface area contributed by atoms with E-state index in [1.807, 2.05) is 24.3 Å². The van der Waals surface area contributed by atoms with Crippen LogP contribution in [0.15, 0.2) is 29.1 Å². The van der Waals surface area contributed by atoms with E-state index in [1.54, 1.807) is 0 Å². The molecule has 0 bridgehead atoms. The van der Waals surface area contributed by atoms with Gasteiger partial charge in [-0.2, -0.15) is 5.10 Å². The molecule has 4 N–H and O–H groups in total. The number of aryl methyl sites for hydroxylation is 1. The van der Waals surface area contributed by atoms with Gasteiger partial charge in [-0.05, 0) is 25.3 Å². The van der Waals surface area contributed by atoms with Crippen LogP contribution in [0.3, 0.4) is 0 Å². The Balaban J connectivity index is 1.86. The number of benzene rings is 1. The van der Waals surface area contributed by atoms with Crippen molar-refractivity contribution in [2.24, 2.45) is 5.84 Å². The highest BCUT2D eigenvalue weighted by molar-refractivity contribution is 5.83. The van der Waals surface area contributed by atoms with Crippen molar-refractivity contribution in [1.82, 2.24) is 15.6 Å². The van der Waals surface area contributed by atoms with Crippen LogP contribution in [0.5, 0.6) is 0 Å². The maximum atomic E-state index is 11.7. The average molecular weight is 288 g/mol. The molecule has 0 aliphatic rings. The molecular weight excluding hydrogens is 268 g/mol. The summed E-state index contributed by atoms with van der Waals surface area (Å²) in [5, 5.41) is 8.30. The number of H-pyrrole nitrogens is 1. The van der Waals surface area contributed by atoms with Gasteiger partial charge in [0.15, 0.2) is 0 Å². The molecule has 0 saturated heterocycles. The number of aromatic nitrogens is 2. The molecule has 0 radical (unpaired) electrons. The molecule has 0 unspecified atom stereocenters. The van der Waals surface area contributed by atoms with Gasteiger partial charge in [-0.1, -0.05) is 31.0 Å². The maximum absolute atomic E-state index is 11.7. The topological polar surface area (TPSA) is 101 Å². The Labute approximate surface area is 122 Å². The number of aromatic amines is 1. The first-order valence-electron chi connectivity index (χ1n) is 7.18. The van der Waals surface area contributed by atoms with Gasteiger partial charge in [-0.15, -0.1) is 0 Å². The fourth-order valence-corrected chi connectivity index (χ4v) is 2.37. The summed E-state index contributed by atoms with van der Waals surface area (Å²) in [6, 6.07) is 7.51. The summed E-state index contributed by atoms with van der Waals surface area (Å²) < 4.78 is 0. The SMILES string of the molecule is NNC(=O)CCCCCCc1n[nH]c(=O)c2ccccc12. The molecule has 0 fully saturated rings. The molecule has 1 aromatic carbocycles. The minimum absolute atomic E-state index is 0.122. The molecule has 0 atom stereocenters. The van der Waals surface area contributed by atoms with Crippen molar-refractivity contribution >= 4 is 16.7 Å². The Morgan fingerprint density at radius 3 is 2.62 bits per heavy atom. The summed E-state index contributed by atoms with van der Waals surface area (Å²) in [6.45, 7) is 0. The summed E-state index contributed by atoms with van der Waals surface area (Å²) in [4.78, 5) is 22.6. The summed E-state index contributed by atoms with van der Waals surface area (Å²) >= 11 is 0. The van der Waals surface area contributed by atoms with Gasteiger partial charge >= 0.3 is 0 Å². The second-order valence-corrected chi connectivity index (χ2v) is 5.03. The molecular formula is C15H20N4O2. The van der Waals surface area contributed by atoms with Crippen LogP contribution in [0.4, 0.5) is 0 Å². The van der Waals surface area contributed by atoms with E-state index < -0.39 is 0 Å². The molecule has 2 rings (SSSR count). The lowest BCUT2D eigenvalue weighted by Gasteiger charge is -2.05. The van der Waals surface area contributed by atoms with E-state index in [4.69, 9.17) is 5.84 Å². The summed E-state index contributed by atoms with van der Waals surface area (Å²) in [5.74, 6) is 4.90. The zero-order chi connectivity index (χ0) is 15.1. The highest BCUT2D eigenvalue weighted by Gasteiger charge is 2.05. The highest BCUT2D eigenvalue weighted by atomic mass is 16.2. The van der Waals surface area contributed by atoms with Crippen molar-refractivity contribution in [3.8, 4) is 0 Å². The quantitative estimate of drug-likeness (QED) is 0.310. The normalized spacial score (nSPS) is 10.7. The van der Waals surface area contributed by atoms with Crippen LogP contribution < -0.4 is 16.8 Å². The smallest absolute Gasteiger partial charge is 0.272 e. The van der Waals surface area contributed by atoms with E-state index in [0.29, 0.717) is 11.8 Å². The maximum Gasteiger partial charge on any atom is 0.272 e. The summed E-state index contributed by atoms with van der Waals surface area (Å²) in [7, 11) is 0.